The van der Waals surface area contributed by atoms with Crippen molar-refractivity contribution in [2.24, 2.45) is 0 Å². The van der Waals surface area contributed by atoms with Gasteiger partial charge in [-0.25, -0.2) is 0 Å². The van der Waals surface area contributed by atoms with Crippen LogP contribution in [0.5, 0.6) is 0 Å². The van der Waals surface area contributed by atoms with Gasteiger partial charge in [-0.05, 0) is 0 Å². The number of hydrogen-bond acceptors (Lipinski definition) is 6. The number of nitrogens with two attached hydrogens (primary N) is 1. The molecule has 1 amide bonds. The summed E-state index contributed by atoms with van der Waals surface area (Å²) in [5, 5.41) is 20.7. The van der Waals surface area contributed by atoms with Crippen LogP contribution in [0.15, 0.2) is 17.6 Å². The summed E-state index contributed by atoms with van der Waals surface area (Å²) < 4.78 is 0. The zero-order valence-electron chi connectivity index (χ0n) is 9.04. The molecule has 0 fully saturated rings. The van der Waals surface area contributed by atoms with Gasteiger partial charge in [0, 0.05) is 23.6 Å². The maximum absolute atomic E-state index is 11.7. The Bertz CT molecular complexity index is 591. The van der Waals surface area contributed by atoms with Gasteiger partial charge in [0.25, 0.3) is 5.91 Å². The topological polar surface area (TPSA) is 127 Å². The normalized spacial score (nSPS) is 10.2. The third-order valence-electron chi connectivity index (χ3n) is 2.22. The van der Waals surface area contributed by atoms with E-state index in [1.165, 1.54) is 17.6 Å². The van der Waals surface area contributed by atoms with Crippen molar-refractivity contribution >= 4 is 28.1 Å². The van der Waals surface area contributed by atoms with Crippen molar-refractivity contribution in [3.63, 3.8) is 0 Å². The minimum absolute atomic E-state index is 0.0667. The Morgan fingerprint density at radius 2 is 2.44 bits per heavy atom. The van der Waals surface area contributed by atoms with Gasteiger partial charge in [-0.1, -0.05) is 11.3 Å². The largest absolute Gasteiger partial charge is 0.384 e. The monoisotopic (exact) mass is 267 g/mol. The quantitative estimate of drug-likeness (QED) is 0.560. The number of thiophene rings is 1. The number of nitrogens with zero attached hydrogens (tertiary/aromatic N) is 2. The molecule has 0 aliphatic heterocycles. The van der Waals surface area contributed by atoms with Crippen LogP contribution in [0.25, 0.3) is 0 Å². The minimum atomic E-state index is -0.532. The van der Waals surface area contributed by atoms with Crippen LogP contribution in [0.3, 0.4) is 0 Å². The highest BCUT2D eigenvalue weighted by Crippen LogP contribution is 2.22. The first kappa shape index (κ1) is 12.0. The molecule has 0 saturated heterocycles. The summed E-state index contributed by atoms with van der Waals surface area (Å²) >= 11 is 0.909. The number of rotatable bonds is 4. The number of aromatic amines is 1. The Balaban J connectivity index is 1.99. The highest BCUT2D eigenvalue weighted by molar-refractivity contribution is 7.13. The molecular weight excluding hydrogens is 258 g/mol. The van der Waals surface area contributed by atoms with Crippen molar-refractivity contribution in [3.8, 4) is 0 Å². The molecule has 9 heteroatoms. The van der Waals surface area contributed by atoms with Crippen molar-refractivity contribution in [1.82, 2.24) is 15.5 Å². The van der Waals surface area contributed by atoms with Crippen LogP contribution in [0.2, 0.25) is 0 Å². The van der Waals surface area contributed by atoms with E-state index in [1.807, 2.05) is 0 Å². The van der Waals surface area contributed by atoms with E-state index in [2.05, 4.69) is 15.5 Å². The number of aromatic nitrogens is 2. The number of amides is 1. The molecule has 0 radical (unpaired) electrons. The fourth-order valence-corrected chi connectivity index (χ4v) is 1.98. The van der Waals surface area contributed by atoms with Crippen molar-refractivity contribution < 1.29 is 9.72 Å². The minimum Gasteiger partial charge on any atom is -0.384 e. The Morgan fingerprint density at radius 3 is 3.00 bits per heavy atom. The summed E-state index contributed by atoms with van der Waals surface area (Å²) in [6.07, 6.45) is 1.51. The van der Waals surface area contributed by atoms with Crippen LogP contribution in [0.4, 0.5) is 10.8 Å². The number of nitro groups is 1. The lowest BCUT2D eigenvalue weighted by atomic mass is 10.3. The molecule has 0 unspecified atom stereocenters. The summed E-state index contributed by atoms with van der Waals surface area (Å²) in [5.74, 6) is -0.00782. The fourth-order valence-electron chi connectivity index (χ4n) is 1.28. The lowest BCUT2D eigenvalue weighted by Crippen LogP contribution is -2.22. The maximum atomic E-state index is 11.7. The zero-order valence-corrected chi connectivity index (χ0v) is 9.86. The van der Waals surface area contributed by atoms with Gasteiger partial charge in [0.1, 0.15) is 5.82 Å². The molecule has 8 nitrogen and oxygen atoms in total. The summed E-state index contributed by atoms with van der Waals surface area (Å²) in [7, 11) is 0. The highest BCUT2D eigenvalue weighted by atomic mass is 32.1. The second-order valence-corrected chi connectivity index (χ2v) is 4.31. The molecule has 94 valence electrons. The van der Waals surface area contributed by atoms with E-state index >= 15 is 0 Å². The van der Waals surface area contributed by atoms with E-state index in [1.54, 1.807) is 0 Å². The molecule has 0 saturated carbocycles. The molecule has 0 aliphatic rings. The van der Waals surface area contributed by atoms with E-state index < -0.39 is 4.92 Å². The number of carbonyl (C=O) groups excluding carboxylic acids is 1. The second kappa shape index (κ2) is 4.84. The fraction of sp³-hybridized carbons (Fsp3) is 0.111. The predicted molar refractivity (Wildman–Crippen MR) is 65.1 cm³/mol. The van der Waals surface area contributed by atoms with Crippen molar-refractivity contribution in [2.75, 3.05) is 5.73 Å². The molecule has 4 N–H and O–H groups in total. The van der Waals surface area contributed by atoms with Gasteiger partial charge in [-0.15, -0.1) is 0 Å². The third kappa shape index (κ3) is 2.46. The van der Waals surface area contributed by atoms with Gasteiger partial charge in [-0.2, -0.15) is 5.10 Å². The van der Waals surface area contributed by atoms with Gasteiger partial charge in [0.2, 0.25) is 0 Å². The maximum Gasteiger partial charge on any atom is 0.324 e. The lowest BCUT2D eigenvalue weighted by Gasteiger charge is -2.01. The van der Waals surface area contributed by atoms with Crippen LogP contribution in [0, 0.1) is 10.1 Å². The number of hydrogen-bond donors (Lipinski definition) is 3. The van der Waals surface area contributed by atoms with Crippen LogP contribution in [-0.4, -0.2) is 21.0 Å². The lowest BCUT2D eigenvalue weighted by molar-refractivity contribution is -0.380. The first-order chi connectivity index (χ1) is 8.58. The van der Waals surface area contributed by atoms with E-state index in [0.29, 0.717) is 11.4 Å². The summed E-state index contributed by atoms with van der Waals surface area (Å²) in [5.41, 5.74) is 6.47. The molecule has 0 atom stereocenters. The second-order valence-electron chi connectivity index (χ2n) is 3.42. The molecule has 0 aliphatic carbocycles. The molecule has 2 rings (SSSR count). The predicted octanol–water partition coefficient (Wildman–Crippen LogP) is 0.892. The molecule has 2 aromatic rings. The van der Waals surface area contributed by atoms with Crippen LogP contribution >= 0.6 is 11.3 Å². The molecule has 0 aromatic carbocycles. The number of nitrogens with one attached hydrogen (secondary N) is 2. The average Bonchev–Trinajstić information content (AvgIpc) is 2.94. The van der Waals surface area contributed by atoms with Gasteiger partial charge < -0.3 is 11.1 Å². The zero-order chi connectivity index (χ0) is 13.1. The van der Waals surface area contributed by atoms with E-state index in [-0.39, 0.29) is 23.0 Å². The number of carbonyl (C=O) groups is 1. The number of anilines is 1. The smallest absolute Gasteiger partial charge is 0.324 e. The van der Waals surface area contributed by atoms with Gasteiger partial charge in [0.15, 0.2) is 0 Å². The van der Waals surface area contributed by atoms with E-state index in [4.69, 9.17) is 5.73 Å². The van der Waals surface area contributed by atoms with Crippen molar-refractivity contribution in [1.29, 1.82) is 0 Å². The molecule has 0 bridgehead atoms. The van der Waals surface area contributed by atoms with Crippen LogP contribution < -0.4 is 11.1 Å². The van der Waals surface area contributed by atoms with Gasteiger partial charge >= 0.3 is 5.00 Å². The first-order valence-corrected chi connectivity index (χ1v) is 5.74. The average molecular weight is 267 g/mol. The van der Waals surface area contributed by atoms with E-state index in [9.17, 15) is 14.9 Å². The molecular formula is C9H9N5O3S. The Kier molecular flexibility index (Phi) is 3.24. The van der Waals surface area contributed by atoms with Crippen LogP contribution in [-0.2, 0) is 6.54 Å². The standard InChI is InChI=1S/C9H9N5O3S/c10-8-6(3-12-13-8)2-11-9(15)5-1-7(14(16)17)18-4-5/h1,3-4H,2H2,(H,11,15)(H3,10,12,13). The molecule has 0 spiro atoms. The molecule has 18 heavy (non-hydrogen) atoms. The number of nitrogen functional groups attached to an aromatic ring is 1. The Labute approximate surface area is 105 Å². The van der Waals surface area contributed by atoms with Gasteiger partial charge in [0.05, 0.1) is 16.7 Å². The molecule has 2 heterocycles. The summed E-state index contributed by atoms with van der Waals surface area (Å²) in [6, 6.07) is 1.23. The Hall–Kier alpha value is -2.42. The van der Waals surface area contributed by atoms with E-state index in [0.717, 1.165) is 11.3 Å². The van der Waals surface area contributed by atoms with Crippen LogP contribution in [0.1, 0.15) is 15.9 Å². The number of H-pyrrole nitrogens is 1. The third-order valence-corrected chi connectivity index (χ3v) is 3.10. The SMILES string of the molecule is Nc1[nH]ncc1CNC(=O)c1csc([N+](=O)[O-])c1. The van der Waals surface area contributed by atoms with Crippen molar-refractivity contribution in [2.45, 2.75) is 6.54 Å². The molecule has 2 aromatic heterocycles. The first-order valence-electron chi connectivity index (χ1n) is 4.86. The highest BCUT2D eigenvalue weighted by Gasteiger charge is 2.15. The van der Waals surface area contributed by atoms with Crippen molar-refractivity contribution in [3.05, 3.63) is 38.9 Å². The Morgan fingerprint density at radius 1 is 1.67 bits per heavy atom. The summed E-state index contributed by atoms with van der Waals surface area (Å²) in [6.45, 7) is 0.213. The van der Waals surface area contributed by atoms with Gasteiger partial charge in [-0.3, -0.25) is 20.0 Å². The summed E-state index contributed by atoms with van der Waals surface area (Å²) in [4.78, 5) is 21.6.